The summed E-state index contributed by atoms with van der Waals surface area (Å²) in [6, 6.07) is 17.3. The quantitative estimate of drug-likeness (QED) is 0.698. The van der Waals surface area contributed by atoms with Gasteiger partial charge in [-0.2, -0.15) is 0 Å². The summed E-state index contributed by atoms with van der Waals surface area (Å²) in [5, 5.41) is 2.82. The lowest BCUT2D eigenvalue weighted by atomic mass is 9.98. The van der Waals surface area contributed by atoms with E-state index < -0.39 is 0 Å². The van der Waals surface area contributed by atoms with Gasteiger partial charge in [0.25, 0.3) is 5.91 Å². The third-order valence-corrected chi connectivity index (χ3v) is 4.48. The van der Waals surface area contributed by atoms with Crippen molar-refractivity contribution in [1.29, 1.82) is 0 Å². The largest absolute Gasteiger partial charge is 0.456 e. The van der Waals surface area contributed by atoms with E-state index >= 15 is 0 Å². The first-order valence-corrected chi connectivity index (χ1v) is 9.00. The number of rotatable bonds is 7. The van der Waals surface area contributed by atoms with Gasteiger partial charge in [-0.05, 0) is 36.1 Å². The molecule has 2 aromatic carbocycles. The second-order valence-corrected chi connectivity index (χ2v) is 6.93. The lowest BCUT2D eigenvalue weighted by Crippen LogP contribution is -2.31. The van der Waals surface area contributed by atoms with Crippen molar-refractivity contribution < 1.29 is 14.3 Å². The molecule has 5 heteroatoms. The first-order valence-electron chi connectivity index (χ1n) is 8.21. The van der Waals surface area contributed by atoms with E-state index in [1.54, 1.807) is 0 Å². The summed E-state index contributed by atoms with van der Waals surface area (Å²) in [6.07, 6.45) is 0.250. The highest BCUT2D eigenvalue weighted by Crippen LogP contribution is 2.19. The first-order chi connectivity index (χ1) is 12.0. The number of halogens is 1. The fourth-order valence-electron chi connectivity index (χ4n) is 2.47. The summed E-state index contributed by atoms with van der Waals surface area (Å²) in [5.41, 5.74) is 2.06. The van der Waals surface area contributed by atoms with Crippen LogP contribution in [0.2, 0.25) is 0 Å². The number of hydrogen-bond donors (Lipinski definition) is 1. The molecule has 0 bridgehead atoms. The highest BCUT2D eigenvalue weighted by atomic mass is 79.9. The minimum Gasteiger partial charge on any atom is -0.456 e. The zero-order chi connectivity index (χ0) is 18.2. The molecule has 1 amide bonds. The molecule has 2 atom stereocenters. The second-order valence-electron chi connectivity index (χ2n) is 6.02. The van der Waals surface area contributed by atoms with Crippen molar-refractivity contribution in [3.63, 3.8) is 0 Å². The Hall–Kier alpha value is -2.14. The maximum atomic E-state index is 12.0. The third-order valence-electron chi connectivity index (χ3n) is 3.95. The van der Waals surface area contributed by atoms with Crippen molar-refractivity contribution in [2.24, 2.45) is 0 Å². The highest BCUT2D eigenvalue weighted by molar-refractivity contribution is 9.10. The van der Waals surface area contributed by atoms with Crippen molar-refractivity contribution in [3.05, 3.63) is 70.2 Å². The molecule has 0 unspecified atom stereocenters. The van der Waals surface area contributed by atoms with E-state index in [2.05, 4.69) is 21.2 Å². The molecule has 2 aromatic rings. The van der Waals surface area contributed by atoms with Crippen LogP contribution in [0.15, 0.2) is 59.1 Å². The molecular formula is C20H22BrNO3. The fourth-order valence-corrected chi connectivity index (χ4v) is 2.74. The minimum atomic E-state index is -0.372. The van der Waals surface area contributed by atoms with E-state index in [1.807, 2.05) is 68.4 Å². The van der Waals surface area contributed by atoms with E-state index in [0.717, 1.165) is 15.6 Å². The Morgan fingerprint density at radius 1 is 1.00 bits per heavy atom. The molecule has 132 valence electrons. The van der Waals surface area contributed by atoms with Crippen LogP contribution in [-0.2, 0) is 14.3 Å². The van der Waals surface area contributed by atoms with E-state index in [4.69, 9.17) is 4.74 Å². The van der Waals surface area contributed by atoms with Gasteiger partial charge in [0.2, 0.25) is 0 Å². The van der Waals surface area contributed by atoms with E-state index in [1.165, 1.54) is 0 Å². The van der Waals surface area contributed by atoms with Gasteiger partial charge in [0.1, 0.15) is 0 Å². The van der Waals surface area contributed by atoms with Crippen LogP contribution in [0.25, 0.3) is 0 Å². The average Bonchev–Trinajstić information content (AvgIpc) is 2.61. The molecule has 0 spiro atoms. The number of benzene rings is 2. The van der Waals surface area contributed by atoms with Crippen LogP contribution in [0.3, 0.4) is 0 Å². The van der Waals surface area contributed by atoms with Crippen LogP contribution in [0.1, 0.15) is 43.4 Å². The summed E-state index contributed by atoms with van der Waals surface area (Å²) in [4.78, 5) is 23.9. The standard InChI is InChI=1S/C20H22BrNO3/c1-14(16-6-4-3-5-7-16)12-20(24)25-13-19(23)22-15(2)17-8-10-18(21)11-9-17/h3-11,14-15H,12-13H2,1-2H3,(H,22,23)/t14-,15-/m1/s1. The number of carbonyl (C=O) groups excluding carboxylic acids is 2. The lowest BCUT2D eigenvalue weighted by Gasteiger charge is -2.15. The molecule has 0 aromatic heterocycles. The summed E-state index contributed by atoms with van der Waals surface area (Å²) < 4.78 is 6.08. The number of amides is 1. The predicted octanol–water partition coefficient (Wildman–Crippen LogP) is 4.36. The Bertz CT molecular complexity index is 701. The molecule has 0 aliphatic heterocycles. The average molecular weight is 404 g/mol. The summed E-state index contributed by atoms with van der Waals surface area (Å²) in [7, 11) is 0. The Morgan fingerprint density at radius 2 is 1.64 bits per heavy atom. The Morgan fingerprint density at radius 3 is 2.28 bits per heavy atom. The van der Waals surface area contributed by atoms with Crippen molar-refractivity contribution in [2.75, 3.05) is 6.61 Å². The molecule has 0 heterocycles. The van der Waals surface area contributed by atoms with E-state index in [-0.39, 0.29) is 36.9 Å². The topological polar surface area (TPSA) is 55.4 Å². The maximum absolute atomic E-state index is 12.0. The predicted molar refractivity (Wildman–Crippen MR) is 101 cm³/mol. The van der Waals surface area contributed by atoms with Gasteiger partial charge in [-0.3, -0.25) is 9.59 Å². The highest BCUT2D eigenvalue weighted by Gasteiger charge is 2.15. The zero-order valence-electron chi connectivity index (χ0n) is 14.4. The molecule has 1 N–H and O–H groups in total. The number of carbonyl (C=O) groups is 2. The normalized spacial score (nSPS) is 12.9. The number of nitrogens with one attached hydrogen (secondary N) is 1. The molecule has 0 aliphatic carbocycles. The van der Waals surface area contributed by atoms with Gasteiger partial charge in [-0.15, -0.1) is 0 Å². The van der Waals surface area contributed by atoms with Crippen molar-refractivity contribution >= 4 is 27.8 Å². The molecule has 0 aliphatic rings. The molecule has 0 saturated heterocycles. The maximum Gasteiger partial charge on any atom is 0.306 e. The molecule has 25 heavy (non-hydrogen) atoms. The SMILES string of the molecule is C[C@H](CC(=O)OCC(=O)N[C@H](C)c1ccc(Br)cc1)c1ccccc1. The molecular weight excluding hydrogens is 382 g/mol. The van der Waals surface area contributed by atoms with Crippen molar-refractivity contribution in [1.82, 2.24) is 5.32 Å². The molecule has 4 nitrogen and oxygen atoms in total. The Balaban J connectivity index is 1.75. The van der Waals surface area contributed by atoms with Crippen molar-refractivity contribution in [2.45, 2.75) is 32.2 Å². The lowest BCUT2D eigenvalue weighted by molar-refractivity contribution is -0.149. The fraction of sp³-hybridized carbons (Fsp3) is 0.300. The van der Waals surface area contributed by atoms with Crippen LogP contribution in [0.4, 0.5) is 0 Å². The van der Waals surface area contributed by atoms with E-state index in [9.17, 15) is 9.59 Å². The monoisotopic (exact) mass is 403 g/mol. The first kappa shape index (κ1) is 19.2. The van der Waals surface area contributed by atoms with Crippen LogP contribution >= 0.6 is 15.9 Å². The summed E-state index contributed by atoms with van der Waals surface area (Å²) >= 11 is 3.38. The molecule has 0 radical (unpaired) electrons. The van der Waals surface area contributed by atoms with Gasteiger partial charge >= 0.3 is 5.97 Å². The Labute approximate surface area is 156 Å². The van der Waals surface area contributed by atoms with Gasteiger partial charge in [0.15, 0.2) is 6.61 Å². The second kappa shape index (κ2) is 9.37. The summed E-state index contributed by atoms with van der Waals surface area (Å²) in [5.74, 6) is -0.627. The van der Waals surface area contributed by atoms with Gasteiger partial charge in [0.05, 0.1) is 12.5 Å². The van der Waals surface area contributed by atoms with E-state index in [0.29, 0.717) is 0 Å². The number of esters is 1. The Kier molecular flexibility index (Phi) is 7.19. The molecule has 0 saturated carbocycles. The third kappa shape index (κ3) is 6.35. The smallest absolute Gasteiger partial charge is 0.306 e. The number of hydrogen-bond acceptors (Lipinski definition) is 3. The summed E-state index contributed by atoms with van der Waals surface area (Å²) in [6.45, 7) is 3.59. The van der Waals surface area contributed by atoms with Crippen LogP contribution in [0, 0.1) is 0 Å². The van der Waals surface area contributed by atoms with Gasteiger partial charge in [-0.25, -0.2) is 0 Å². The van der Waals surface area contributed by atoms with Gasteiger partial charge < -0.3 is 10.1 Å². The van der Waals surface area contributed by atoms with Crippen LogP contribution in [-0.4, -0.2) is 18.5 Å². The number of ether oxygens (including phenoxy) is 1. The van der Waals surface area contributed by atoms with Gasteiger partial charge in [-0.1, -0.05) is 65.3 Å². The zero-order valence-corrected chi connectivity index (χ0v) is 16.0. The molecule has 2 rings (SSSR count). The van der Waals surface area contributed by atoms with Crippen LogP contribution in [0.5, 0.6) is 0 Å². The van der Waals surface area contributed by atoms with Gasteiger partial charge in [0, 0.05) is 4.47 Å². The molecule has 0 fully saturated rings. The van der Waals surface area contributed by atoms with Crippen molar-refractivity contribution in [3.8, 4) is 0 Å². The van der Waals surface area contributed by atoms with Crippen LogP contribution < -0.4 is 5.32 Å². The minimum absolute atomic E-state index is 0.0541.